The molecule has 2 heterocycles. The molecular weight excluding hydrogens is 481 g/mol. The smallest absolute Gasteiger partial charge is 0.191 e. The summed E-state index contributed by atoms with van der Waals surface area (Å²) < 4.78 is 1.39. The molecule has 3 aromatic rings. The Morgan fingerprint density at radius 2 is 1.96 bits per heavy atom. The number of hydrogen-bond donors (Lipinski definition) is 3. The van der Waals surface area contributed by atoms with Gasteiger partial charge in [-0.3, -0.25) is 4.79 Å². The molecule has 0 atom stereocenters. The third-order valence-electron chi connectivity index (χ3n) is 4.25. The molecule has 3 N–H and O–H groups in total. The first-order valence-electron chi connectivity index (χ1n) is 8.37. The Balaban J connectivity index is 0.00000243. The van der Waals surface area contributed by atoms with Gasteiger partial charge in [0.2, 0.25) is 0 Å². The van der Waals surface area contributed by atoms with Crippen LogP contribution in [0.25, 0.3) is 10.9 Å². The number of halogens is 2. The monoisotopic (exact) mass is 503 g/mol. The number of pyridine rings is 1. The Morgan fingerprint density at radius 3 is 2.69 bits per heavy atom. The maximum Gasteiger partial charge on any atom is 0.191 e. The zero-order chi connectivity index (χ0) is 17.8. The molecule has 0 saturated heterocycles. The first-order chi connectivity index (χ1) is 12.1. The molecule has 0 radical (unpaired) electrons. The van der Waals surface area contributed by atoms with Crippen molar-refractivity contribution in [3.05, 3.63) is 59.4 Å². The van der Waals surface area contributed by atoms with Gasteiger partial charge in [0.15, 0.2) is 5.43 Å². The summed E-state index contributed by atoms with van der Waals surface area (Å²) in [5.41, 5.74) is 2.32. The first-order valence-corrected chi connectivity index (χ1v) is 10.3. The summed E-state index contributed by atoms with van der Waals surface area (Å²) in [6.45, 7) is 7.05. The van der Waals surface area contributed by atoms with Gasteiger partial charge < -0.3 is 15.6 Å². The molecule has 4 nitrogen and oxygen atoms in total. The number of fused-ring (bicyclic) bond motifs is 1. The van der Waals surface area contributed by atoms with Crippen LogP contribution in [0, 0.1) is 17.4 Å². The van der Waals surface area contributed by atoms with E-state index in [4.69, 9.17) is 0 Å². The third-order valence-corrected chi connectivity index (χ3v) is 7.28. The molecule has 0 unspecified atom stereocenters. The highest BCUT2D eigenvalue weighted by Crippen LogP contribution is 2.28. The molecule has 140 valence electrons. The molecule has 1 aromatic carbocycles. The molecule has 0 aliphatic rings. The minimum atomic E-state index is 0. The topological polar surface area (TPSA) is 56.9 Å². The molecule has 7 heteroatoms. The van der Waals surface area contributed by atoms with Crippen molar-refractivity contribution in [3.8, 4) is 0 Å². The van der Waals surface area contributed by atoms with Crippen LogP contribution in [0.3, 0.4) is 0 Å². The van der Waals surface area contributed by atoms with Crippen LogP contribution in [-0.2, 0) is 6.54 Å². The van der Waals surface area contributed by atoms with E-state index in [1.807, 2.05) is 35.6 Å². The second kappa shape index (κ2) is 9.73. The zero-order valence-corrected chi connectivity index (χ0v) is 18.6. The fourth-order valence-corrected chi connectivity index (χ4v) is 4.86. The van der Waals surface area contributed by atoms with E-state index in [1.165, 1.54) is 18.9 Å². The van der Waals surface area contributed by atoms with Crippen LogP contribution in [0.2, 0.25) is 0 Å². The van der Waals surface area contributed by atoms with Gasteiger partial charge in [-0.05, 0) is 67.1 Å². The van der Waals surface area contributed by atoms with Gasteiger partial charge in [-0.2, -0.15) is 0 Å². The van der Waals surface area contributed by atoms with E-state index in [2.05, 4.69) is 52.1 Å². The number of benzene rings is 1. The average molecular weight is 504 g/mol. The molecule has 0 spiro atoms. The normalized spacial score (nSPS) is 10.7. The highest BCUT2D eigenvalue weighted by molar-refractivity contribution is 14.1. The van der Waals surface area contributed by atoms with Crippen molar-refractivity contribution >= 4 is 63.1 Å². The number of aryl methyl sites for hydroxylation is 1. The zero-order valence-electron chi connectivity index (χ0n) is 14.8. The van der Waals surface area contributed by atoms with Gasteiger partial charge >= 0.3 is 0 Å². The number of hydrogen-bond acceptors (Lipinski definition) is 4. The predicted molar refractivity (Wildman–Crippen MR) is 123 cm³/mol. The summed E-state index contributed by atoms with van der Waals surface area (Å²) in [6, 6.07) is 9.22. The Morgan fingerprint density at radius 1 is 1.19 bits per heavy atom. The van der Waals surface area contributed by atoms with E-state index in [-0.39, 0.29) is 17.8 Å². The van der Waals surface area contributed by atoms with Crippen molar-refractivity contribution in [3.63, 3.8) is 0 Å². The SMILES string of the molecule is Cc1sc(CNCCCNc2cc(=O)c3ccccc3[nH]2)c(I)c1C.Cl. The van der Waals surface area contributed by atoms with Crippen molar-refractivity contribution in [1.29, 1.82) is 0 Å². The van der Waals surface area contributed by atoms with Crippen LogP contribution < -0.4 is 16.1 Å². The fraction of sp³-hybridized carbons (Fsp3) is 0.316. The summed E-state index contributed by atoms with van der Waals surface area (Å²) in [5.74, 6) is 0.780. The lowest BCUT2D eigenvalue weighted by Crippen LogP contribution is -2.18. The fourth-order valence-electron chi connectivity index (χ4n) is 2.71. The number of para-hydroxylation sites is 1. The van der Waals surface area contributed by atoms with Crippen molar-refractivity contribution in [2.24, 2.45) is 0 Å². The van der Waals surface area contributed by atoms with Gasteiger partial charge in [-0.1, -0.05) is 12.1 Å². The summed E-state index contributed by atoms with van der Waals surface area (Å²) in [6.07, 6.45) is 0.995. The lowest BCUT2D eigenvalue weighted by Gasteiger charge is -2.08. The first kappa shape index (κ1) is 21.2. The highest BCUT2D eigenvalue weighted by atomic mass is 127. The van der Waals surface area contributed by atoms with Gasteiger partial charge in [0.1, 0.15) is 5.82 Å². The summed E-state index contributed by atoms with van der Waals surface area (Å²) >= 11 is 4.31. The Labute approximate surface area is 177 Å². The van der Waals surface area contributed by atoms with Crippen LogP contribution in [0.15, 0.2) is 35.1 Å². The Bertz CT molecular complexity index is 938. The van der Waals surface area contributed by atoms with E-state index < -0.39 is 0 Å². The molecule has 0 bridgehead atoms. The second-order valence-corrected chi connectivity index (χ2v) is 8.46. The molecular formula is C19H23ClIN3OS. The summed E-state index contributed by atoms with van der Waals surface area (Å²) in [4.78, 5) is 18.2. The number of rotatable bonds is 7. The maximum absolute atomic E-state index is 12.1. The molecule has 0 aliphatic heterocycles. The number of aromatic amines is 1. The number of nitrogens with one attached hydrogen (secondary N) is 3. The molecule has 0 saturated carbocycles. The van der Waals surface area contributed by atoms with Gasteiger partial charge in [0.05, 0.1) is 5.52 Å². The van der Waals surface area contributed by atoms with E-state index in [0.717, 1.165) is 42.8 Å². The van der Waals surface area contributed by atoms with E-state index in [0.29, 0.717) is 0 Å². The number of anilines is 1. The molecule has 26 heavy (non-hydrogen) atoms. The van der Waals surface area contributed by atoms with Crippen LogP contribution in [0.5, 0.6) is 0 Å². The standard InChI is InChI=1S/C19H22IN3OS.ClH/c1-12-13(2)25-17(19(12)20)11-21-8-5-9-22-18-10-16(24)14-6-3-4-7-15(14)23-18;/h3-4,6-7,10,21H,5,8-9,11H2,1-2H3,(H2,22,23,24);1H. The van der Waals surface area contributed by atoms with Crippen LogP contribution in [-0.4, -0.2) is 18.1 Å². The molecule has 3 rings (SSSR count). The molecule has 0 amide bonds. The van der Waals surface area contributed by atoms with Crippen molar-refractivity contribution in [2.75, 3.05) is 18.4 Å². The highest BCUT2D eigenvalue weighted by Gasteiger charge is 2.09. The Hall–Kier alpha value is -1.09. The predicted octanol–water partition coefficient (Wildman–Crippen LogP) is 4.82. The van der Waals surface area contributed by atoms with Crippen molar-refractivity contribution in [1.82, 2.24) is 10.3 Å². The van der Waals surface area contributed by atoms with Crippen molar-refractivity contribution < 1.29 is 0 Å². The van der Waals surface area contributed by atoms with Crippen LogP contribution in [0.4, 0.5) is 5.82 Å². The van der Waals surface area contributed by atoms with Crippen LogP contribution >= 0.6 is 46.3 Å². The van der Waals surface area contributed by atoms with Crippen LogP contribution in [0.1, 0.15) is 21.7 Å². The second-order valence-electron chi connectivity index (χ2n) is 6.07. The number of aromatic nitrogens is 1. The minimum absolute atomic E-state index is 0. The maximum atomic E-state index is 12.1. The largest absolute Gasteiger partial charge is 0.371 e. The molecule has 0 aliphatic carbocycles. The van der Waals surface area contributed by atoms with Gasteiger partial charge in [-0.25, -0.2) is 0 Å². The van der Waals surface area contributed by atoms with Gasteiger partial charge in [0, 0.05) is 37.9 Å². The van der Waals surface area contributed by atoms with Gasteiger partial charge in [0.25, 0.3) is 0 Å². The Kier molecular flexibility index (Phi) is 7.94. The lowest BCUT2D eigenvalue weighted by atomic mass is 10.2. The van der Waals surface area contributed by atoms with E-state index in [1.54, 1.807) is 6.07 Å². The molecule has 0 fully saturated rings. The lowest BCUT2D eigenvalue weighted by molar-refractivity contribution is 0.667. The van der Waals surface area contributed by atoms with E-state index in [9.17, 15) is 4.79 Å². The minimum Gasteiger partial charge on any atom is -0.371 e. The average Bonchev–Trinajstić information content (AvgIpc) is 2.85. The number of H-pyrrole nitrogens is 1. The van der Waals surface area contributed by atoms with Gasteiger partial charge in [-0.15, -0.1) is 23.7 Å². The van der Waals surface area contributed by atoms with Crippen molar-refractivity contribution in [2.45, 2.75) is 26.8 Å². The van der Waals surface area contributed by atoms with E-state index >= 15 is 0 Å². The third kappa shape index (κ3) is 5.00. The number of thiophene rings is 1. The molecule has 2 aromatic heterocycles. The quantitative estimate of drug-likeness (QED) is 0.320. The summed E-state index contributed by atoms with van der Waals surface area (Å²) in [7, 11) is 0. The summed E-state index contributed by atoms with van der Waals surface area (Å²) in [5, 5.41) is 7.54.